The quantitative estimate of drug-likeness (QED) is 0.659. The zero-order valence-electron chi connectivity index (χ0n) is 16.4. The molecule has 1 aliphatic rings. The smallest absolute Gasteiger partial charge is 0.270 e. The number of nitrogens with one attached hydrogen (secondary N) is 2. The molecule has 0 spiro atoms. The largest absolute Gasteiger partial charge is 0.351 e. The Morgan fingerprint density at radius 1 is 1.00 bits per heavy atom. The van der Waals surface area contributed by atoms with Crippen molar-refractivity contribution in [2.75, 3.05) is 13.1 Å². The highest BCUT2D eigenvalue weighted by Gasteiger charge is 2.27. The first-order valence-electron chi connectivity index (χ1n) is 9.97. The molecule has 0 aliphatic carbocycles. The predicted molar refractivity (Wildman–Crippen MR) is 118 cm³/mol. The number of amides is 1. The number of aromatic amines is 1. The van der Waals surface area contributed by atoms with Crippen LogP contribution >= 0.6 is 12.4 Å². The molecule has 1 saturated heterocycles. The minimum atomic E-state index is 0. The molecule has 6 heteroatoms. The van der Waals surface area contributed by atoms with E-state index in [1.54, 1.807) is 6.20 Å². The molecule has 3 aromatic rings. The number of carbonyl (C=O) groups is 1. The Balaban J connectivity index is 0.00000240. The highest BCUT2D eigenvalue weighted by molar-refractivity contribution is 5.93. The predicted octanol–water partition coefficient (Wildman–Crippen LogP) is 4.28. The molecule has 1 unspecified atom stereocenters. The van der Waals surface area contributed by atoms with Gasteiger partial charge in [-0.25, -0.2) is 0 Å². The molecule has 152 valence electrons. The lowest BCUT2D eigenvalue weighted by molar-refractivity contribution is 0.0637. The average Bonchev–Trinajstić information content (AvgIpc) is 3.09. The molecule has 3 heterocycles. The molecule has 5 nitrogen and oxygen atoms in total. The summed E-state index contributed by atoms with van der Waals surface area (Å²) in [6, 6.07) is 20.0. The number of hydrogen-bond donors (Lipinski definition) is 2. The molecule has 0 bridgehead atoms. The summed E-state index contributed by atoms with van der Waals surface area (Å²) >= 11 is 0. The zero-order chi connectivity index (χ0) is 19.2. The molecular formula is C23H27ClN4O. The first kappa shape index (κ1) is 21.1. The van der Waals surface area contributed by atoms with Crippen molar-refractivity contribution in [2.45, 2.75) is 31.8 Å². The fourth-order valence-electron chi connectivity index (χ4n) is 3.81. The van der Waals surface area contributed by atoms with E-state index in [0.717, 1.165) is 49.3 Å². The lowest BCUT2D eigenvalue weighted by atomic mass is 10.1. The van der Waals surface area contributed by atoms with Crippen molar-refractivity contribution in [3.05, 3.63) is 78.2 Å². The van der Waals surface area contributed by atoms with Gasteiger partial charge < -0.3 is 15.2 Å². The standard InChI is InChI=1S/C23H26N4O.ClH/c28-23(22-12-11-21(26-22)18-7-2-1-3-8-18)27(17-19-9-4-5-15-25-19)20-10-6-14-24-16-13-20;/h1-5,7-9,11-12,15,20,24,26H,6,10,13-14,16-17H2;1H. The Bertz CT molecular complexity index is 890. The van der Waals surface area contributed by atoms with E-state index in [4.69, 9.17) is 0 Å². The Hall–Kier alpha value is -2.63. The maximum Gasteiger partial charge on any atom is 0.270 e. The van der Waals surface area contributed by atoms with Gasteiger partial charge in [0.2, 0.25) is 0 Å². The Labute approximate surface area is 178 Å². The van der Waals surface area contributed by atoms with Crippen molar-refractivity contribution in [2.24, 2.45) is 0 Å². The van der Waals surface area contributed by atoms with Gasteiger partial charge in [0.05, 0.1) is 12.2 Å². The lowest BCUT2D eigenvalue weighted by Crippen LogP contribution is -2.40. The highest BCUT2D eigenvalue weighted by Crippen LogP contribution is 2.22. The lowest BCUT2D eigenvalue weighted by Gasteiger charge is -2.30. The first-order valence-corrected chi connectivity index (χ1v) is 9.97. The van der Waals surface area contributed by atoms with Gasteiger partial charge in [-0.3, -0.25) is 9.78 Å². The van der Waals surface area contributed by atoms with Crippen molar-refractivity contribution >= 4 is 18.3 Å². The van der Waals surface area contributed by atoms with Gasteiger partial charge in [-0.15, -0.1) is 12.4 Å². The van der Waals surface area contributed by atoms with Crippen molar-refractivity contribution in [1.82, 2.24) is 20.2 Å². The van der Waals surface area contributed by atoms with Crippen LogP contribution in [-0.4, -0.2) is 39.9 Å². The van der Waals surface area contributed by atoms with Gasteiger partial charge in [0.15, 0.2) is 0 Å². The number of aromatic nitrogens is 2. The number of hydrogen-bond acceptors (Lipinski definition) is 3. The molecule has 4 rings (SSSR count). The van der Waals surface area contributed by atoms with Gasteiger partial charge in [0.1, 0.15) is 5.69 Å². The number of benzene rings is 1. The third kappa shape index (κ3) is 5.25. The Morgan fingerprint density at radius 2 is 1.83 bits per heavy atom. The number of carbonyl (C=O) groups excluding carboxylic acids is 1. The van der Waals surface area contributed by atoms with Crippen LogP contribution in [0.1, 0.15) is 35.4 Å². The van der Waals surface area contributed by atoms with Gasteiger partial charge in [-0.05, 0) is 62.2 Å². The summed E-state index contributed by atoms with van der Waals surface area (Å²) in [6.07, 6.45) is 4.84. The molecule has 1 atom stereocenters. The summed E-state index contributed by atoms with van der Waals surface area (Å²) in [5.74, 6) is 0.0414. The van der Waals surface area contributed by atoms with Crippen LogP contribution in [0.3, 0.4) is 0 Å². The molecule has 29 heavy (non-hydrogen) atoms. The van der Waals surface area contributed by atoms with Crippen LogP contribution in [0, 0.1) is 0 Å². The summed E-state index contributed by atoms with van der Waals surface area (Å²) in [5, 5.41) is 3.44. The summed E-state index contributed by atoms with van der Waals surface area (Å²) in [7, 11) is 0. The first-order chi connectivity index (χ1) is 13.8. The van der Waals surface area contributed by atoms with Gasteiger partial charge in [0.25, 0.3) is 5.91 Å². The van der Waals surface area contributed by atoms with Gasteiger partial charge >= 0.3 is 0 Å². The van der Waals surface area contributed by atoms with Crippen molar-refractivity contribution < 1.29 is 4.79 Å². The Morgan fingerprint density at radius 3 is 2.62 bits per heavy atom. The van der Waals surface area contributed by atoms with Crippen LogP contribution in [0.2, 0.25) is 0 Å². The third-order valence-corrected chi connectivity index (χ3v) is 5.31. The van der Waals surface area contributed by atoms with E-state index in [2.05, 4.69) is 15.3 Å². The van der Waals surface area contributed by atoms with E-state index in [-0.39, 0.29) is 24.4 Å². The number of H-pyrrole nitrogens is 1. The van der Waals surface area contributed by atoms with Crippen LogP contribution in [0.15, 0.2) is 66.9 Å². The maximum absolute atomic E-state index is 13.5. The highest BCUT2D eigenvalue weighted by atomic mass is 35.5. The van der Waals surface area contributed by atoms with Crippen LogP contribution in [0.5, 0.6) is 0 Å². The molecular weight excluding hydrogens is 384 g/mol. The van der Waals surface area contributed by atoms with Crippen molar-refractivity contribution in [3.8, 4) is 11.3 Å². The number of pyridine rings is 1. The molecule has 0 radical (unpaired) electrons. The fraction of sp³-hybridized carbons (Fsp3) is 0.304. The summed E-state index contributed by atoms with van der Waals surface area (Å²) in [6.45, 7) is 2.49. The van der Waals surface area contributed by atoms with Crippen LogP contribution in [-0.2, 0) is 6.54 Å². The van der Waals surface area contributed by atoms with Gasteiger partial charge in [-0.2, -0.15) is 0 Å². The number of rotatable bonds is 5. The normalized spacial score (nSPS) is 16.5. The van der Waals surface area contributed by atoms with E-state index >= 15 is 0 Å². The second kappa shape index (κ2) is 10.2. The minimum absolute atomic E-state index is 0. The van der Waals surface area contributed by atoms with Crippen molar-refractivity contribution in [3.63, 3.8) is 0 Å². The van der Waals surface area contributed by atoms with Gasteiger partial charge in [-0.1, -0.05) is 36.4 Å². The third-order valence-electron chi connectivity index (χ3n) is 5.31. The minimum Gasteiger partial charge on any atom is -0.351 e. The topological polar surface area (TPSA) is 61.0 Å². The molecule has 1 aromatic carbocycles. The van der Waals surface area contributed by atoms with Gasteiger partial charge in [0, 0.05) is 17.9 Å². The molecule has 2 aromatic heterocycles. The van der Waals surface area contributed by atoms with Crippen LogP contribution < -0.4 is 5.32 Å². The Kier molecular flexibility index (Phi) is 7.44. The summed E-state index contributed by atoms with van der Waals surface area (Å²) in [5.41, 5.74) is 3.59. The van der Waals surface area contributed by atoms with E-state index in [1.165, 1.54) is 0 Å². The van der Waals surface area contributed by atoms with Crippen molar-refractivity contribution in [1.29, 1.82) is 0 Å². The van der Waals surface area contributed by atoms with E-state index < -0.39 is 0 Å². The van der Waals surface area contributed by atoms with E-state index in [1.807, 2.05) is 65.6 Å². The van der Waals surface area contributed by atoms with Crippen LogP contribution in [0.25, 0.3) is 11.3 Å². The zero-order valence-corrected chi connectivity index (χ0v) is 17.2. The molecule has 0 saturated carbocycles. The van der Waals surface area contributed by atoms with Crippen LogP contribution in [0.4, 0.5) is 0 Å². The summed E-state index contributed by atoms with van der Waals surface area (Å²) in [4.78, 5) is 23.2. The van der Waals surface area contributed by atoms with E-state index in [9.17, 15) is 4.79 Å². The van der Waals surface area contributed by atoms with E-state index in [0.29, 0.717) is 12.2 Å². The number of nitrogens with zero attached hydrogens (tertiary/aromatic N) is 2. The summed E-state index contributed by atoms with van der Waals surface area (Å²) < 4.78 is 0. The second-order valence-corrected chi connectivity index (χ2v) is 7.24. The molecule has 2 N–H and O–H groups in total. The number of halogens is 1. The SMILES string of the molecule is Cl.O=C(c1ccc(-c2ccccc2)[nH]1)N(Cc1ccccn1)C1CCCNCC1. The molecule has 1 fully saturated rings. The molecule has 1 aliphatic heterocycles. The monoisotopic (exact) mass is 410 g/mol. The fourth-order valence-corrected chi connectivity index (χ4v) is 3.81. The average molecular weight is 411 g/mol. The second-order valence-electron chi connectivity index (χ2n) is 7.24. The maximum atomic E-state index is 13.5. The molecule has 1 amide bonds.